The van der Waals surface area contributed by atoms with Gasteiger partial charge in [-0.1, -0.05) is 47.5 Å². The molecule has 0 heterocycles. The van der Waals surface area contributed by atoms with E-state index in [1.165, 1.54) is 22.9 Å². The van der Waals surface area contributed by atoms with Crippen LogP contribution in [0.2, 0.25) is 0 Å². The molecule has 0 amide bonds. The molecule has 0 aromatic heterocycles. The molecule has 0 aliphatic rings. The standard InChI is InChI=1S/C13H20BrN/c1-2-6-12(15)9-5-8-11-7-3-4-10-13(11)14/h3-4,7,10,12H,2,5-6,8-9,15H2,1H3. The van der Waals surface area contributed by atoms with Gasteiger partial charge in [-0.3, -0.25) is 0 Å². The summed E-state index contributed by atoms with van der Waals surface area (Å²) in [6, 6.07) is 8.80. The molecule has 1 rings (SSSR count). The molecule has 0 spiro atoms. The first-order chi connectivity index (χ1) is 7.24. The maximum absolute atomic E-state index is 5.97. The van der Waals surface area contributed by atoms with Crippen molar-refractivity contribution in [3.05, 3.63) is 34.3 Å². The summed E-state index contributed by atoms with van der Waals surface area (Å²) < 4.78 is 1.22. The molecule has 1 unspecified atom stereocenters. The van der Waals surface area contributed by atoms with Gasteiger partial charge in [0.05, 0.1) is 0 Å². The Balaban J connectivity index is 2.29. The molecule has 84 valence electrons. The molecule has 0 aliphatic carbocycles. The first-order valence-corrected chi connectivity index (χ1v) is 6.52. The Morgan fingerprint density at radius 1 is 1.27 bits per heavy atom. The van der Waals surface area contributed by atoms with Gasteiger partial charge in [-0.15, -0.1) is 0 Å². The van der Waals surface area contributed by atoms with Crippen LogP contribution in [0.1, 0.15) is 38.2 Å². The SMILES string of the molecule is CCCC(N)CCCc1ccccc1Br. The highest BCUT2D eigenvalue weighted by molar-refractivity contribution is 9.10. The van der Waals surface area contributed by atoms with E-state index in [-0.39, 0.29) is 0 Å². The quantitative estimate of drug-likeness (QED) is 0.833. The van der Waals surface area contributed by atoms with E-state index in [1.807, 2.05) is 0 Å². The van der Waals surface area contributed by atoms with Crippen LogP contribution in [0, 0.1) is 0 Å². The summed E-state index contributed by atoms with van der Waals surface area (Å²) in [5.74, 6) is 0. The second kappa shape index (κ2) is 7.02. The van der Waals surface area contributed by atoms with Gasteiger partial charge in [-0.05, 0) is 37.3 Å². The minimum absolute atomic E-state index is 0.387. The number of aryl methyl sites for hydroxylation is 1. The third-order valence-electron chi connectivity index (χ3n) is 2.64. The molecule has 0 saturated heterocycles. The molecular weight excluding hydrogens is 250 g/mol. The van der Waals surface area contributed by atoms with E-state index in [0.29, 0.717) is 6.04 Å². The maximum Gasteiger partial charge on any atom is 0.0207 e. The largest absolute Gasteiger partial charge is 0.328 e. The van der Waals surface area contributed by atoms with Crippen molar-refractivity contribution in [2.24, 2.45) is 5.73 Å². The van der Waals surface area contributed by atoms with Crippen LogP contribution in [0.3, 0.4) is 0 Å². The molecule has 1 aromatic rings. The predicted molar refractivity (Wildman–Crippen MR) is 70.0 cm³/mol. The van der Waals surface area contributed by atoms with Crippen molar-refractivity contribution >= 4 is 15.9 Å². The zero-order valence-corrected chi connectivity index (χ0v) is 11.0. The lowest BCUT2D eigenvalue weighted by atomic mass is 10.0. The highest BCUT2D eigenvalue weighted by Gasteiger charge is 2.02. The number of benzene rings is 1. The van der Waals surface area contributed by atoms with Gasteiger partial charge in [0.1, 0.15) is 0 Å². The Morgan fingerprint density at radius 2 is 2.00 bits per heavy atom. The van der Waals surface area contributed by atoms with E-state index >= 15 is 0 Å². The molecule has 1 atom stereocenters. The summed E-state index contributed by atoms with van der Waals surface area (Å²) in [5.41, 5.74) is 7.36. The third-order valence-corrected chi connectivity index (χ3v) is 3.41. The fraction of sp³-hybridized carbons (Fsp3) is 0.538. The van der Waals surface area contributed by atoms with Crippen LogP contribution < -0.4 is 5.73 Å². The van der Waals surface area contributed by atoms with Crippen molar-refractivity contribution in [3.63, 3.8) is 0 Å². The van der Waals surface area contributed by atoms with Gasteiger partial charge in [0.2, 0.25) is 0 Å². The molecule has 2 heteroatoms. The second-order valence-electron chi connectivity index (χ2n) is 4.03. The molecule has 1 nitrogen and oxygen atoms in total. The van der Waals surface area contributed by atoms with Gasteiger partial charge >= 0.3 is 0 Å². The van der Waals surface area contributed by atoms with Crippen molar-refractivity contribution in [2.45, 2.75) is 45.1 Å². The average molecular weight is 270 g/mol. The average Bonchev–Trinajstić information content (AvgIpc) is 2.21. The molecule has 0 fully saturated rings. The molecule has 0 bridgehead atoms. The number of hydrogen-bond acceptors (Lipinski definition) is 1. The van der Waals surface area contributed by atoms with Gasteiger partial charge < -0.3 is 5.73 Å². The summed E-state index contributed by atoms with van der Waals surface area (Å²) in [7, 11) is 0. The van der Waals surface area contributed by atoms with Gasteiger partial charge in [-0.25, -0.2) is 0 Å². The molecular formula is C13H20BrN. The molecule has 2 N–H and O–H groups in total. The lowest BCUT2D eigenvalue weighted by Gasteiger charge is -2.10. The first-order valence-electron chi connectivity index (χ1n) is 5.73. The Kier molecular flexibility index (Phi) is 5.96. The summed E-state index contributed by atoms with van der Waals surface area (Å²) in [6.07, 6.45) is 5.78. The predicted octanol–water partition coefficient (Wildman–Crippen LogP) is 3.90. The lowest BCUT2D eigenvalue weighted by Crippen LogP contribution is -2.19. The molecule has 15 heavy (non-hydrogen) atoms. The highest BCUT2D eigenvalue weighted by Crippen LogP contribution is 2.18. The topological polar surface area (TPSA) is 26.0 Å². The van der Waals surface area contributed by atoms with E-state index in [1.54, 1.807) is 0 Å². The Bertz CT molecular complexity index is 286. The molecule has 0 aliphatic heterocycles. The van der Waals surface area contributed by atoms with Gasteiger partial charge in [0.15, 0.2) is 0 Å². The summed E-state index contributed by atoms with van der Waals surface area (Å²) >= 11 is 3.56. The van der Waals surface area contributed by atoms with E-state index < -0.39 is 0 Å². The summed E-state index contributed by atoms with van der Waals surface area (Å²) in [4.78, 5) is 0. The van der Waals surface area contributed by atoms with E-state index in [2.05, 4.69) is 47.1 Å². The number of rotatable bonds is 6. The normalized spacial score (nSPS) is 12.7. The van der Waals surface area contributed by atoms with E-state index in [4.69, 9.17) is 5.73 Å². The van der Waals surface area contributed by atoms with Crippen LogP contribution in [0.15, 0.2) is 28.7 Å². The number of nitrogens with two attached hydrogens (primary N) is 1. The number of hydrogen-bond donors (Lipinski definition) is 1. The zero-order chi connectivity index (χ0) is 11.1. The van der Waals surface area contributed by atoms with Gasteiger partial charge in [0.25, 0.3) is 0 Å². The maximum atomic E-state index is 5.97. The van der Waals surface area contributed by atoms with Crippen molar-refractivity contribution in [1.29, 1.82) is 0 Å². The van der Waals surface area contributed by atoms with Crippen LogP contribution in [0.25, 0.3) is 0 Å². The molecule has 0 saturated carbocycles. The molecule has 0 radical (unpaired) electrons. The summed E-state index contributed by atoms with van der Waals surface area (Å²) in [6.45, 7) is 2.19. The van der Waals surface area contributed by atoms with Gasteiger partial charge in [0, 0.05) is 10.5 Å². The smallest absolute Gasteiger partial charge is 0.0207 e. The van der Waals surface area contributed by atoms with Crippen molar-refractivity contribution in [2.75, 3.05) is 0 Å². The Labute approximate surface area is 101 Å². The second-order valence-corrected chi connectivity index (χ2v) is 4.89. The summed E-state index contributed by atoms with van der Waals surface area (Å²) in [5, 5.41) is 0. The first kappa shape index (κ1) is 12.7. The van der Waals surface area contributed by atoms with E-state index in [0.717, 1.165) is 19.3 Å². The minimum atomic E-state index is 0.387. The van der Waals surface area contributed by atoms with Gasteiger partial charge in [-0.2, -0.15) is 0 Å². The van der Waals surface area contributed by atoms with Crippen molar-refractivity contribution < 1.29 is 0 Å². The minimum Gasteiger partial charge on any atom is -0.328 e. The Morgan fingerprint density at radius 3 is 2.67 bits per heavy atom. The number of halogens is 1. The van der Waals surface area contributed by atoms with Crippen molar-refractivity contribution in [3.8, 4) is 0 Å². The highest BCUT2D eigenvalue weighted by atomic mass is 79.9. The molecule has 1 aromatic carbocycles. The van der Waals surface area contributed by atoms with E-state index in [9.17, 15) is 0 Å². The van der Waals surface area contributed by atoms with Crippen LogP contribution >= 0.6 is 15.9 Å². The fourth-order valence-electron chi connectivity index (χ4n) is 1.77. The lowest BCUT2D eigenvalue weighted by molar-refractivity contribution is 0.539. The zero-order valence-electron chi connectivity index (χ0n) is 9.38. The van der Waals surface area contributed by atoms with Crippen LogP contribution in [-0.4, -0.2) is 6.04 Å². The van der Waals surface area contributed by atoms with Crippen LogP contribution in [0.4, 0.5) is 0 Å². The van der Waals surface area contributed by atoms with Crippen LogP contribution in [-0.2, 0) is 6.42 Å². The fourth-order valence-corrected chi connectivity index (χ4v) is 2.25. The third kappa shape index (κ3) is 4.80. The Hall–Kier alpha value is -0.340. The monoisotopic (exact) mass is 269 g/mol. The van der Waals surface area contributed by atoms with Crippen molar-refractivity contribution in [1.82, 2.24) is 0 Å². The van der Waals surface area contributed by atoms with Crippen LogP contribution in [0.5, 0.6) is 0 Å².